The predicted octanol–water partition coefficient (Wildman–Crippen LogP) is 7.44. The molecule has 6 nitrogen and oxygen atoms in total. The molecule has 2 aromatic carbocycles. The number of aromatic carboxylic acids is 2. The summed E-state index contributed by atoms with van der Waals surface area (Å²) >= 11 is 0. The summed E-state index contributed by atoms with van der Waals surface area (Å²) < 4.78 is 0. The Morgan fingerprint density at radius 2 is 1.19 bits per heavy atom. The van der Waals surface area contributed by atoms with E-state index in [4.69, 9.17) is 10.2 Å². The van der Waals surface area contributed by atoms with Gasteiger partial charge in [-0.2, -0.15) is 0 Å². The minimum Gasteiger partial charge on any atom is -0.478 e. The van der Waals surface area contributed by atoms with Gasteiger partial charge in [0.15, 0.2) is 0 Å². The number of benzene rings is 2. The number of carbonyl (C=O) groups is 2. The zero-order chi connectivity index (χ0) is 28.1. The summed E-state index contributed by atoms with van der Waals surface area (Å²) in [5.41, 5.74) is 0.147. The molecule has 0 amide bonds. The van der Waals surface area contributed by atoms with Crippen LogP contribution in [0.25, 0.3) is 0 Å². The summed E-state index contributed by atoms with van der Waals surface area (Å²) in [6.07, 6.45) is 9.87. The summed E-state index contributed by atoms with van der Waals surface area (Å²) in [5, 5.41) is 37.5. The lowest BCUT2D eigenvalue weighted by Crippen LogP contribution is -2.38. The zero-order valence-electron chi connectivity index (χ0n) is 23.1. The average molecular weight is 517 g/mol. The topological polar surface area (TPSA) is 115 Å². The summed E-state index contributed by atoms with van der Waals surface area (Å²) in [7, 11) is 0. The Bertz CT molecular complexity index is 790. The van der Waals surface area contributed by atoms with Crippen molar-refractivity contribution in [2.24, 2.45) is 5.92 Å². The van der Waals surface area contributed by atoms with Crippen LogP contribution in [0.4, 0.5) is 0 Å². The minimum absolute atomic E-state index is 0.198. The fourth-order valence-corrected chi connectivity index (χ4v) is 4.04. The molecule has 2 aromatic rings. The van der Waals surface area contributed by atoms with Gasteiger partial charge < -0.3 is 20.4 Å². The molecule has 0 saturated heterocycles. The number of hydrogen-bond acceptors (Lipinski definition) is 4. The first-order valence-corrected chi connectivity index (χ1v) is 13.6. The fraction of sp³-hybridized carbons (Fsp3) is 0.548. The van der Waals surface area contributed by atoms with Crippen molar-refractivity contribution in [1.82, 2.24) is 0 Å². The maximum atomic E-state index is 10.9. The molecule has 37 heavy (non-hydrogen) atoms. The molecular weight excluding hydrogens is 468 g/mol. The van der Waals surface area contributed by atoms with Crippen LogP contribution in [-0.4, -0.2) is 44.1 Å². The van der Waals surface area contributed by atoms with Gasteiger partial charge in [-0.1, -0.05) is 89.8 Å². The van der Waals surface area contributed by atoms with Gasteiger partial charge in [0.1, 0.15) is 0 Å². The average Bonchev–Trinajstić information content (AvgIpc) is 2.93. The van der Waals surface area contributed by atoms with E-state index in [0.29, 0.717) is 17.0 Å². The number of carboxylic acids is 2. The molecule has 0 aliphatic rings. The summed E-state index contributed by atoms with van der Waals surface area (Å²) in [6, 6.07) is 16.6. The van der Waals surface area contributed by atoms with E-state index in [1.54, 1.807) is 60.7 Å². The summed E-state index contributed by atoms with van der Waals surface area (Å²) in [6.45, 7) is 8.51. The van der Waals surface area contributed by atoms with Crippen molar-refractivity contribution in [1.29, 1.82) is 0 Å². The number of unbranched alkanes of at least 4 members (excludes halogenated alkanes) is 2. The maximum Gasteiger partial charge on any atom is 0.335 e. The summed E-state index contributed by atoms with van der Waals surface area (Å²) in [5.74, 6) is -1.41. The standard InChI is InChI=1S/C17H36O2.2C7H6O2/c1-5-9-11-15(12-13-16(18)7-3)17(19,8-4)14-10-6-2;2*8-7(9)6-4-2-1-3-5-6/h15-16,18-19H,5-14H2,1-4H3;2*1-5H,(H,8,9). The molecule has 3 unspecified atom stereocenters. The molecule has 0 fully saturated rings. The maximum absolute atomic E-state index is 10.9. The van der Waals surface area contributed by atoms with E-state index in [9.17, 15) is 19.8 Å². The highest BCUT2D eigenvalue weighted by Crippen LogP contribution is 2.35. The first-order valence-electron chi connectivity index (χ1n) is 13.6. The van der Waals surface area contributed by atoms with E-state index < -0.39 is 17.5 Å². The van der Waals surface area contributed by atoms with Crippen molar-refractivity contribution in [2.45, 2.75) is 104 Å². The second-order valence-corrected chi connectivity index (χ2v) is 9.38. The lowest BCUT2D eigenvalue weighted by Gasteiger charge is -2.36. The second kappa shape index (κ2) is 20.4. The third-order valence-corrected chi connectivity index (χ3v) is 6.60. The van der Waals surface area contributed by atoms with Crippen LogP contribution in [0.5, 0.6) is 0 Å². The first kappa shape index (κ1) is 34.3. The molecule has 208 valence electrons. The Morgan fingerprint density at radius 1 is 0.730 bits per heavy atom. The number of aliphatic hydroxyl groups is 2. The Labute approximate surface area is 223 Å². The van der Waals surface area contributed by atoms with Crippen LogP contribution in [0.15, 0.2) is 60.7 Å². The van der Waals surface area contributed by atoms with Gasteiger partial charge in [-0.25, -0.2) is 9.59 Å². The molecular formula is C31H48O6. The number of rotatable bonds is 14. The van der Waals surface area contributed by atoms with Gasteiger partial charge in [-0.05, 0) is 68.7 Å². The third-order valence-electron chi connectivity index (χ3n) is 6.60. The molecule has 2 rings (SSSR count). The largest absolute Gasteiger partial charge is 0.478 e. The van der Waals surface area contributed by atoms with Gasteiger partial charge in [0.2, 0.25) is 0 Å². The quantitative estimate of drug-likeness (QED) is 0.207. The number of aliphatic hydroxyl groups excluding tert-OH is 1. The van der Waals surface area contributed by atoms with Crippen molar-refractivity contribution in [3.8, 4) is 0 Å². The highest BCUT2D eigenvalue weighted by molar-refractivity contribution is 5.87. The first-order chi connectivity index (χ1) is 17.6. The molecule has 3 atom stereocenters. The van der Waals surface area contributed by atoms with Gasteiger partial charge in [0, 0.05) is 0 Å². The van der Waals surface area contributed by atoms with E-state index in [1.165, 1.54) is 12.8 Å². The monoisotopic (exact) mass is 516 g/mol. The summed E-state index contributed by atoms with van der Waals surface area (Å²) in [4.78, 5) is 20.4. The van der Waals surface area contributed by atoms with Crippen LogP contribution >= 0.6 is 0 Å². The third kappa shape index (κ3) is 15.2. The van der Waals surface area contributed by atoms with Crippen molar-refractivity contribution in [2.75, 3.05) is 0 Å². The smallest absolute Gasteiger partial charge is 0.335 e. The molecule has 0 heterocycles. The van der Waals surface area contributed by atoms with Crippen molar-refractivity contribution >= 4 is 11.9 Å². The highest BCUT2D eigenvalue weighted by atomic mass is 16.4. The van der Waals surface area contributed by atoms with Crippen LogP contribution < -0.4 is 0 Å². The molecule has 0 spiro atoms. The van der Waals surface area contributed by atoms with Crippen molar-refractivity contribution in [3.63, 3.8) is 0 Å². The Balaban J connectivity index is 0.000000591. The molecule has 0 radical (unpaired) electrons. The van der Waals surface area contributed by atoms with Crippen LogP contribution in [0.3, 0.4) is 0 Å². The molecule has 0 aliphatic heterocycles. The Morgan fingerprint density at radius 3 is 1.51 bits per heavy atom. The molecule has 0 aromatic heterocycles. The molecule has 0 saturated carbocycles. The Kier molecular flexibility index (Phi) is 18.9. The van der Waals surface area contributed by atoms with Gasteiger partial charge in [-0.15, -0.1) is 0 Å². The zero-order valence-corrected chi connectivity index (χ0v) is 23.1. The van der Waals surface area contributed by atoms with E-state index in [-0.39, 0.29) is 6.10 Å². The predicted molar refractivity (Wildman–Crippen MR) is 150 cm³/mol. The van der Waals surface area contributed by atoms with Crippen LogP contribution in [0.2, 0.25) is 0 Å². The van der Waals surface area contributed by atoms with E-state index in [2.05, 4.69) is 20.8 Å². The van der Waals surface area contributed by atoms with Crippen molar-refractivity contribution < 1.29 is 30.0 Å². The van der Waals surface area contributed by atoms with Gasteiger partial charge in [-0.3, -0.25) is 0 Å². The SMILES string of the molecule is CCCCC(CCC(O)CC)C(O)(CC)CCCC.O=C(O)c1ccccc1.O=C(O)c1ccccc1. The van der Waals surface area contributed by atoms with E-state index in [0.717, 1.165) is 51.4 Å². The van der Waals surface area contributed by atoms with E-state index in [1.807, 2.05) is 6.92 Å². The number of carboxylic acid groups (broad SMARTS) is 2. The van der Waals surface area contributed by atoms with Crippen LogP contribution in [0, 0.1) is 5.92 Å². The minimum atomic E-state index is -0.879. The second-order valence-electron chi connectivity index (χ2n) is 9.38. The molecule has 0 aliphatic carbocycles. The lowest BCUT2D eigenvalue weighted by atomic mass is 9.75. The van der Waals surface area contributed by atoms with Gasteiger partial charge in [0.25, 0.3) is 0 Å². The highest BCUT2D eigenvalue weighted by Gasteiger charge is 2.33. The fourth-order valence-electron chi connectivity index (χ4n) is 4.04. The van der Waals surface area contributed by atoms with Gasteiger partial charge in [0.05, 0.1) is 22.8 Å². The van der Waals surface area contributed by atoms with Crippen LogP contribution in [-0.2, 0) is 0 Å². The van der Waals surface area contributed by atoms with Crippen molar-refractivity contribution in [3.05, 3.63) is 71.8 Å². The van der Waals surface area contributed by atoms with Crippen LogP contribution in [0.1, 0.15) is 113 Å². The Hall–Kier alpha value is -2.70. The lowest BCUT2D eigenvalue weighted by molar-refractivity contribution is -0.0428. The molecule has 4 N–H and O–H groups in total. The molecule has 0 bridgehead atoms. The number of hydrogen-bond donors (Lipinski definition) is 4. The normalized spacial score (nSPS) is 13.6. The van der Waals surface area contributed by atoms with Gasteiger partial charge >= 0.3 is 11.9 Å². The van der Waals surface area contributed by atoms with E-state index >= 15 is 0 Å². The molecule has 6 heteroatoms.